The molecular weight excluding hydrogens is 362 g/mol. The number of aryl methyl sites for hydroxylation is 1. The summed E-state index contributed by atoms with van der Waals surface area (Å²) in [5, 5.41) is 0. The Labute approximate surface area is 170 Å². The van der Waals surface area contributed by atoms with E-state index in [2.05, 4.69) is 19.1 Å². The molecule has 5 nitrogen and oxygen atoms in total. The van der Waals surface area contributed by atoms with Crippen molar-refractivity contribution in [2.24, 2.45) is 0 Å². The molecule has 2 aromatic carbocycles. The maximum Gasteiger partial charge on any atom is 0.180 e. The lowest BCUT2D eigenvalue weighted by atomic mass is 10.1. The maximum absolute atomic E-state index is 6.00. The number of fused-ring (bicyclic) bond motifs is 1. The van der Waals surface area contributed by atoms with Crippen LogP contribution in [0.15, 0.2) is 73.1 Å². The molecule has 0 fully saturated rings. The standard InChI is InChI=1S/C24H25N3O2/c1-18-6-12-21(13-7-18)28-15-2-3-16-29-23-5-4-14-27-17-22(26-24(23)27)19-8-10-20(25)11-9-19/h4-14,17H,2-3,15-16,25H2,1H3. The molecule has 0 aliphatic rings. The number of hydrogen-bond acceptors (Lipinski definition) is 4. The van der Waals surface area contributed by atoms with Gasteiger partial charge in [-0.15, -0.1) is 0 Å². The molecule has 0 saturated heterocycles. The van der Waals surface area contributed by atoms with Gasteiger partial charge in [0.25, 0.3) is 0 Å². The molecule has 0 bridgehead atoms. The Kier molecular flexibility index (Phi) is 5.66. The van der Waals surface area contributed by atoms with Gasteiger partial charge in [0, 0.05) is 23.6 Å². The quantitative estimate of drug-likeness (QED) is 0.336. The zero-order valence-electron chi connectivity index (χ0n) is 16.5. The highest BCUT2D eigenvalue weighted by Gasteiger charge is 2.09. The fraction of sp³-hybridized carbons (Fsp3) is 0.208. The van der Waals surface area contributed by atoms with Crippen LogP contribution >= 0.6 is 0 Å². The van der Waals surface area contributed by atoms with E-state index >= 15 is 0 Å². The van der Waals surface area contributed by atoms with Gasteiger partial charge >= 0.3 is 0 Å². The van der Waals surface area contributed by atoms with Crippen LogP contribution in [-0.4, -0.2) is 22.6 Å². The molecule has 2 aromatic heterocycles. The number of nitrogens with zero attached hydrogens (tertiary/aromatic N) is 2. The fourth-order valence-corrected chi connectivity index (χ4v) is 3.10. The molecule has 29 heavy (non-hydrogen) atoms. The third-order valence-corrected chi connectivity index (χ3v) is 4.74. The predicted molar refractivity (Wildman–Crippen MR) is 116 cm³/mol. The average molecular weight is 387 g/mol. The Morgan fingerprint density at radius 3 is 2.38 bits per heavy atom. The number of hydrogen-bond donors (Lipinski definition) is 1. The van der Waals surface area contributed by atoms with Crippen LogP contribution in [0.25, 0.3) is 16.9 Å². The Morgan fingerprint density at radius 2 is 1.62 bits per heavy atom. The van der Waals surface area contributed by atoms with E-state index in [1.807, 2.05) is 65.3 Å². The van der Waals surface area contributed by atoms with E-state index in [-0.39, 0.29) is 0 Å². The van der Waals surface area contributed by atoms with Crippen molar-refractivity contribution in [1.82, 2.24) is 9.38 Å². The number of imidazole rings is 1. The highest BCUT2D eigenvalue weighted by atomic mass is 16.5. The van der Waals surface area contributed by atoms with Crippen molar-refractivity contribution in [1.29, 1.82) is 0 Å². The molecule has 4 aromatic rings. The maximum atomic E-state index is 6.00. The first kappa shape index (κ1) is 18.9. The highest BCUT2D eigenvalue weighted by molar-refractivity contribution is 5.67. The summed E-state index contributed by atoms with van der Waals surface area (Å²) in [5.74, 6) is 1.70. The van der Waals surface area contributed by atoms with E-state index in [4.69, 9.17) is 20.2 Å². The van der Waals surface area contributed by atoms with Gasteiger partial charge in [-0.25, -0.2) is 4.98 Å². The van der Waals surface area contributed by atoms with Gasteiger partial charge in [-0.05, 0) is 56.2 Å². The number of pyridine rings is 1. The molecule has 0 aliphatic heterocycles. The average Bonchev–Trinajstić information content (AvgIpc) is 3.17. The second-order valence-electron chi connectivity index (χ2n) is 7.07. The van der Waals surface area contributed by atoms with Crippen LogP contribution in [0.2, 0.25) is 0 Å². The minimum Gasteiger partial charge on any atom is -0.494 e. The number of aromatic nitrogens is 2. The molecule has 4 rings (SSSR count). The summed E-state index contributed by atoms with van der Waals surface area (Å²) >= 11 is 0. The van der Waals surface area contributed by atoms with Crippen molar-refractivity contribution < 1.29 is 9.47 Å². The number of anilines is 1. The van der Waals surface area contributed by atoms with Crippen molar-refractivity contribution in [2.75, 3.05) is 18.9 Å². The third-order valence-electron chi connectivity index (χ3n) is 4.74. The van der Waals surface area contributed by atoms with E-state index < -0.39 is 0 Å². The molecule has 5 heteroatoms. The molecule has 0 spiro atoms. The van der Waals surface area contributed by atoms with E-state index in [1.165, 1.54) is 5.56 Å². The van der Waals surface area contributed by atoms with E-state index in [9.17, 15) is 0 Å². The summed E-state index contributed by atoms with van der Waals surface area (Å²) < 4.78 is 13.7. The number of benzene rings is 2. The molecule has 0 aliphatic carbocycles. The normalized spacial score (nSPS) is 10.9. The Morgan fingerprint density at radius 1 is 0.897 bits per heavy atom. The minimum absolute atomic E-state index is 0.626. The number of rotatable bonds is 8. The molecule has 2 N–H and O–H groups in total. The minimum atomic E-state index is 0.626. The monoisotopic (exact) mass is 387 g/mol. The molecule has 0 radical (unpaired) electrons. The van der Waals surface area contributed by atoms with Crippen LogP contribution in [0.4, 0.5) is 5.69 Å². The fourth-order valence-electron chi connectivity index (χ4n) is 3.10. The zero-order chi connectivity index (χ0) is 20.1. The third kappa shape index (κ3) is 4.69. The molecule has 0 unspecified atom stereocenters. The first-order valence-corrected chi connectivity index (χ1v) is 9.85. The van der Waals surface area contributed by atoms with Crippen molar-refractivity contribution in [3.8, 4) is 22.8 Å². The van der Waals surface area contributed by atoms with Gasteiger partial charge in [0.1, 0.15) is 5.75 Å². The van der Waals surface area contributed by atoms with Crippen molar-refractivity contribution >= 4 is 11.3 Å². The second kappa shape index (κ2) is 8.69. The topological polar surface area (TPSA) is 61.8 Å². The first-order chi connectivity index (χ1) is 14.2. The molecule has 0 amide bonds. The lowest BCUT2D eigenvalue weighted by molar-refractivity contribution is 0.267. The SMILES string of the molecule is Cc1ccc(OCCCCOc2cccn3cc(-c4ccc(N)cc4)nc23)cc1. The number of nitrogen functional groups attached to an aromatic ring is 1. The summed E-state index contributed by atoms with van der Waals surface area (Å²) in [4.78, 5) is 4.75. The van der Waals surface area contributed by atoms with Crippen molar-refractivity contribution in [3.05, 3.63) is 78.6 Å². The van der Waals surface area contributed by atoms with Gasteiger partial charge in [-0.3, -0.25) is 0 Å². The largest absolute Gasteiger partial charge is 0.494 e. The number of ether oxygens (including phenoxy) is 2. The second-order valence-corrected chi connectivity index (χ2v) is 7.07. The Balaban J connectivity index is 1.32. The van der Waals surface area contributed by atoms with Crippen molar-refractivity contribution in [3.63, 3.8) is 0 Å². The van der Waals surface area contributed by atoms with Crippen LogP contribution < -0.4 is 15.2 Å². The number of nitrogens with two attached hydrogens (primary N) is 1. The lowest BCUT2D eigenvalue weighted by Gasteiger charge is -2.08. The van der Waals surface area contributed by atoms with Gasteiger partial charge < -0.3 is 19.6 Å². The van der Waals surface area contributed by atoms with Crippen LogP contribution in [0.5, 0.6) is 11.5 Å². The van der Waals surface area contributed by atoms with Gasteiger partial charge in [0.05, 0.1) is 18.9 Å². The van der Waals surface area contributed by atoms with E-state index in [0.29, 0.717) is 13.2 Å². The molecule has 148 valence electrons. The van der Waals surface area contributed by atoms with Gasteiger partial charge in [0.2, 0.25) is 0 Å². The highest BCUT2D eigenvalue weighted by Crippen LogP contribution is 2.25. The van der Waals surface area contributed by atoms with Crippen LogP contribution in [0.1, 0.15) is 18.4 Å². The van der Waals surface area contributed by atoms with Gasteiger partial charge in [0.15, 0.2) is 11.4 Å². The van der Waals surface area contributed by atoms with Crippen LogP contribution in [0, 0.1) is 6.92 Å². The van der Waals surface area contributed by atoms with Crippen molar-refractivity contribution in [2.45, 2.75) is 19.8 Å². The first-order valence-electron chi connectivity index (χ1n) is 9.85. The van der Waals surface area contributed by atoms with Gasteiger partial charge in [-0.1, -0.05) is 29.8 Å². The predicted octanol–water partition coefficient (Wildman–Crippen LogP) is 5.13. The van der Waals surface area contributed by atoms with Crippen LogP contribution in [-0.2, 0) is 0 Å². The number of unbranched alkanes of at least 4 members (excludes halogenated alkanes) is 1. The van der Waals surface area contributed by atoms with Crippen LogP contribution in [0.3, 0.4) is 0 Å². The summed E-state index contributed by atoms with van der Waals surface area (Å²) in [6.45, 7) is 3.38. The molecule has 0 atom stereocenters. The summed E-state index contributed by atoms with van der Waals surface area (Å²) in [5.41, 5.74) is 10.5. The summed E-state index contributed by atoms with van der Waals surface area (Å²) in [7, 11) is 0. The molecular formula is C24H25N3O2. The molecule has 0 saturated carbocycles. The Bertz CT molecular complexity index is 1070. The zero-order valence-corrected chi connectivity index (χ0v) is 16.5. The van der Waals surface area contributed by atoms with Gasteiger partial charge in [-0.2, -0.15) is 0 Å². The van der Waals surface area contributed by atoms with E-state index in [0.717, 1.165) is 46.9 Å². The smallest absolute Gasteiger partial charge is 0.180 e. The summed E-state index contributed by atoms with van der Waals surface area (Å²) in [6, 6.07) is 19.8. The summed E-state index contributed by atoms with van der Waals surface area (Å²) in [6.07, 6.45) is 5.83. The Hall–Kier alpha value is -3.47. The molecule has 2 heterocycles. The van der Waals surface area contributed by atoms with E-state index in [1.54, 1.807) is 0 Å². The lowest BCUT2D eigenvalue weighted by Crippen LogP contribution is -2.03.